The Balaban J connectivity index is 2.06. The fourth-order valence-electron chi connectivity index (χ4n) is 3.22. The zero-order chi connectivity index (χ0) is 15.5. The van der Waals surface area contributed by atoms with Gasteiger partial charge in [0.1, 0.15) is 0 Å². The molecule has 0 radical (unpaired) electrons. The average molecular weight is 289 g/mol. The highest BCUT2D eigenvalue weighted by Crippen LogP contribution is 2.31. The van der Waals surface area contributed by atoms with Crippen LogP contribution < -0.4 is 0 Å². The quantitative estimate of drug-likeness (QED) is 0.542. The predicted molar refractivity (Wildman–Crippen MR) is 97.4 cm³/mol. The molecular weight excluding hydrogens is 266 g/mol. The molecule has 0 N–H and O–H groups in total. The van der Waals surface area contributed by atoms with Crippen LogP contribution in [-0.4, -0.2) is 4.57 Å². The van der Waals surface area contributed by atoms with Gasteiger partial charge in [-0.15, -0.1) is 0 Å². The van der Waals surface area contributed by atoms with Gasteiger partial charge in [-0.05, 0) is 37.0 Å². The van der Waals surface area contributed by atoms with Crippen molar-refractivity contribution in [1.82, 2.24) is 4.57 Å². The van der Waals surface area contributed by atoms with Gasteiger partial charge in [-0.25, -0.2) is 0 Å². The molecule has 1 heteroatoms. The Morgan fingerprint density at radius 2 is 1.73 bits per heavy atom. The molecule has 0 aliphatic heterocycles. The lowest BCUT2D eigenvalue weighted by Crippen LogP contribution is -1.93. The molecule has 0 saturated heterocycles. The molecule has 0 atom stereocenters. The van der Waals surface area contributed by atoms with Crippen molar-refractivity contribution >= 4 is 21.8 Å². The van der Waals surface area contributed by atoms with Crippen LogP contribution >= 0.6 is 0 Å². The molecule has 3 aromatic rings. The average Bonchev–Trinajstić information content (AvgIpc) is 2.83. The minimum atomic E-state index is 0.983. The molecule has 2 aromatic carbocycles. The maximum absolute atomic E-state index is 2.32. The highest BCUT2D eigenvalue weighted by atomic mass is 14.9. The Bertz CT molecular complexity index is 862. The third kappa shape index (κ3) is 2.48. The van der Waals surface area contributed by atoms with Crippen LogP contribution in [0, 0.1) is 6.92 Å². The van der Waals surface area contributed by atoms with Crippen molar-refractivity contribution in [2.45, 2.75) is 26.7 Å². The molecular formula is C21H23N. The van der Waals surface area contributed by atoms with Crippen molar-refractivity contribution in [2.24, 2.45) is 7.05 Å². The van der Waals surface area contributed by atoms with E-state index >= 15 is 0 Å². The van der Waals surface area contributed by atoms with Crippen LogP contribution in [-0.2, 0) is 13.5 Å². The summed E-state index contributed by atoms with van der Waals surface area (Å²) in [5, 5.41) is 2.70. The topological polar surface area (TPSA) is 4.93 Å². The van der Waals surface area contributed by atoms with Gasteiger partial charge in [0, 0.05) is 23.3 Å². The van der Waals surface area contributed by atoms with Gasteiger partial charge in [-0.3, -0.25) is 0 Å². The van der Waals surface area contributed by atoms with Crippen molar-refractivity contribution in [3.05, 3.63) is 71.8 Å². The van der Waals surface area contributed by atoms with Crippen molar-refractivity contribution in [1.29, 1.82) is 0 Å². The minimum Gasteiger partial charge on any atom is -0.343 e. The van der Waals surface area contributed by atoms with Gasteiger partial charge in [0.25, 0.3) is 0 Å². The maximum atomic E-state index is 2.32. The summed E-state index contributed by atoms with van der Waals surface area (Å²) in [6.45, 7) is 4.40. The summed E-state index contributed by atoms with van der Waals surface area (Å²) >= 11 is 0. The van der Waals surface area contributed by atoms with Crippen molar-refractivity contribution < 1.29 is 0 Å². The van der Waals surface area contributed by atoms with Gasteiger partial charge in [-0.1, -0.05) is 61.6 Å². The molecule has 0 amide bonds. The highest BCUT2D eigenvalue weighted by Gasteiger charge is 2.11. The Kier molecular flexibility index (Phi) is 4.15. The summed E-state index contributed by atoms with van der Waals surface area (Å²) in [6.07, 6.45) is 10.8. The third-order valence-corrected chi connectivity index (χ3v) is 4.39. The summed E-state index contributed by atoms with van der Waals surface area (Å²) in [5.41, 5.74) is 5.45. The Morgan fingerprint density at radius 3 is 2.55 bits per heavy atom. The molecule has 0 aliphatic rings. The van der Waals surface area contributed by atoms with E-state index in [4.69, 9.17) is 0 Å². The van der Waals surface area contributed by atoms with Crippen LogP contribution in [0.25, 0.3) is 21.8 Å². The van der Waals surface area contributed by atoms with E-state index in [0.717, 1.165) is 12.8 Å². The first-order valence-electron chi connectivity index (χ1n) is 8.01. The first-order valence-corrected chi connectivity index (χ1v) is 8.01. The monoisotopic (exact) mass is 289 g/mol. The van der Waals surface area contributed by atoms with E-state index in [2.05, 4.69) is 86.2 Å². The van der Waals surface area contributed by atoms with E-state index in [1.807, 2.05) is 0 Å². The third-order valence-electron chi connectivity index (χ3n) is 4.39. The summed E-state index contributed by atoms with van der Waals surface area (Å²) in [6, 6.07) is 13.2. The van der Waals surface area contributed by atoms with Crippen LogP contribution in [0.5, 0.6) is 0 Å². The summed E-state index contributed by atoms with van der Waals surface area (Å²) in [4.78, 5) is 0. The largest absolute Gasteiger partial charge is 0.343 e. The van der Waals surface area contributed by atoms with Crippen LogP contribution in [0.1, 0.15) is 24.5 Å². The van der Waals surface area contributed by atoms with Crippen LogP contribution in [0.2, 0.25) is 0 Å². The van der Waals surface area contributed by atoms with Crippen molar-refractivity contribution in [2.75, 3.05) is 0 Å². The summed E-state index contributed by atoms with van der Waals surface area (Å²) in [7, 11) is 2.17. The number of rotatable bonds is 4. The first-order chi connectivity index (χ1) is 10.7. The normalized spacial score (nSPS) is 12.3. The van der Waals surface area contributed by atoms with Gasteiger partial charge in [0.2, 0.25) is 0 Å². The second kappa shape index (κ2) is 6.23. The molecule has 112 valence electrons. The summed E-state index contributed by atoms with van der Waals surface area (Å²) in [5.74, 6) is 0. The van der Waals surface area contributed by atoms with E-state index in [9.17, 15) is 0 Å². The lowest BCUT2D eigenvalue weighted by molar-refractivity contribution is 1.00. The van der Waals surface area contributed by atoms with E-state index in [1.54, 1.807) is 0 Å². The van der Waals surface area contributed by atoms with E-state index in [-0.39, 0.29) is 0 Å². The van der Waals surface area contributed by atoms with Gasteiger partial charge in [-0.2, -0.15) is 0 Å². The van der Waals surface area contributed by atoms with Crippen LogP contribution in [0.4, 0.5) is 0 Å². The number of benzene rings is 2. The number of para-hydroxylation sites is 1. The van der Waals surface area contributed by atoms with Gasteiger partial charge in [0.05, 0.1) is 5.52 Å². The van der Waals surface area contributed by atoms with E-state index in [1.165, 1.54) is 32.9 Å². The molecule has 22 heavy (non-hydrogen) atoms. The van der Waals surface area contributed by atoms with Gasteiger partial charge < -0.3 is 4.57 Å². The molecule has 1 aromatic heterocycles. The fraction of sp³-hybridized carbons (Fsp3) is 0.238. The smallest absolute Gasteiger partial charge is 0.0521 e. The lowest BCUT2D eigenvalue weighted by Gasteiger charge is -2.07. The predicted octanol–water partition coefficient (Wildman–Crippen LogP) is 5.70. The molecule has 3 rings (SSSR count). The molecule has 1 nitrogen and oxygen atoms in total. The molecule has 0 bridgehead atoms. The fourth-order valence-corrected chi connectivity index (χ4v) is 3.22. The number of allylic oxidation sites excluding steroid dienone is 4. The van der Waals surface area contributed by atoms with Gasteiger partial charge in [0.15, 0.2) is 0 Å². The zero-order valence-electron chi connectivity index (χ0n) is 13.6. The second-order valence-corrected chi connectivity index (χ2v) is 5.79. The number of fused-ring (bicyclic) bond motifs is 3. The van der Waals surface area contributed by atoms with Crippen molar-refractivity contribution in [3.8, 4) is 0 Å². The van der Waals surface area contributed by atoms with Crippen LogP contribution in [0.3, 0.4) is 0 Å². The number of aryl methyl sites for hydroxylation is 2. The van der Waals surface area contributed by atoms with Crippen LogP contribution in [0.15, 0.2) is 60.7 Å². The number of hydrogen-bond acceptors (Lipinski definition) is 0. The van der Waals surface area contributed by atoms with Gasteiger partial charge >= 0.3 is 0 Å². The Hall–Kier alpha value is -2.28. The van der Waals surface area contributed by atoms with Crippen molar-refractivity contribution in [3.63, 3.8) is 0 Å². The Labute approximate surface area is 132 Å². The first kappa shape index (κ1) is 14.6. The standard InChI is InChI=1S/C21H23N/c1-4-5-6-7-8-11-17-14-15-19-18-12-9-10-13-20(18)22(3)21(19)16(17)2/h5-10,12-15H,4,11H2,1-3H3/b6-5-,8-7-. The molecule has 0 spiro atoms. The molecule has 0 fully saturated rings. The SMILES string of the molecule is CC/C=C\C=C/Cc1ccc2c3ccccc3n(C)c2c1C. The lowest BCUT2D eigenvalue weighted by atomic mass is 10.0. The summed E-state index contributed by atoms with van der Waals surface area (Å²) < 4.78 is 2.32. The maximum Gasteiger partial charge on any atom is 0.0521 e. The zero-order valence-corrected chi connectivity index (χ0v) is 13.6. The minimum absolute atomic E-state index is 0.983. The molecule has 0 aliphatic carbocycles. The molecule has 0 unspecified atom stereocenters. The highest BCUT2D eigenvalue weighted by molar-refractivity contribution is 6.09. The number of nitrogens with zero attached hydrogens (tertiary/aromatic N) is 1. The molecule has 1 heterocycles. The number of hydrogen-bond donors (Lipinski definition) is 0. The second-order valence-electron chi connectivity index (χ2n) is 5.79. The molecule has 0 saturated carbocycles. The Morgan fingerprint density at radius 1 is 0.955 bits per heavy atom. The number of aromatic nitrogens is 1. The van der Waals surface area contributed by atoms with E-state index < -0.39 is 0 Å². The van der Waals surface area contributed by atoms with E-state index in [0.29, 0.717) is 0 Å².